The van der Waals surface area contributed by atoms with Gasteiger partial charge in [0.15, 0.2) is 5.69 Å². The van der Waals surface area contributed by atoms with Crippen LogP contribution >= 0.6 is 0 Å². The van der Waals surface area contributed by atoms with Gasteiger partial charge >= 0.3 is 5.97 Å². The van der Waals surface area contributed by atoms with E-state index in [0.29, 0.717) is 24.6 Å². The van der Waals surface area contributed by atoms with Gasteiger partial charge in [0.1, 0.15) is 5.75 Å². The first kappa shape index (κ1) is 15.0. The first-order valence-corrected chi connectivity index (χ1v) is 6.34. The number of methoxy groups -OCH3 is 3. The fourth-order valence-electron chi connectivity index (χ4n) is 1.78. The van der Waals surface area contributed by atoms with Crippen molar-refractivity contribution >= 4 is 5.97 Å². The number of hydrogen-bond donors (Lipinski definition) is 0. The van der Waals surface area contributed by atoms with Crippen LogP contribution in [0, 0.1) is 0 Å². The summed E-state index contributed by atoms with van der Waals surface area (Å²) in [7, 11) is 4.48. The van der Waals surface area contributed by atoms with Gasteiger partial charge in [-0.2, -0.15) is 5.10 Å². The predicted octanol–water partition coefficient (Wildman–Crippen LogP) is 1.39. The molecule has 112 valence electrons. The number of carbonyl (C=O) groups is 1. The van der Waals surface area contributed by atoms with Crippen LogP contribution in [0.2, 0.25) is 0 Å². The van der Waals surface area contributed by atoms with Crippen LogP contribution in [0.25, 0.3) is 11.3 Å². The van der Waals surface area contributed by atoms with Crippen molar-refractivity contribution in [1.29, 1.82) is 0 Å². The third-order valence-electron chi connectivity index (χ3n) is 2.88. The Morgan fingerprint density at radius 1 is 1.29 bits per heavy atom. The number of pyridine rings is 1. The van der Waals surface area contributed by atoms with Crippen molar-refractivity contribution in [2.75, 3.05) is 27.9 Å². The second-order valence-electron chi connectivity index (χ2n) is 4.25. The molecule has 0 radical (unpaired) electrons. The first-order chi connectivity index (χ1) is 10.2. The molecule has 0 aliphatic heterocycles. The van der Waals surface area contributed by atoms with Crippen LogP contribution < -0.4 is 4.74 Å². The smallest absolute Gasteiger partial charge is 0.356 e. The number of hydrogen-bond acceptors (Lipinski definition) is 6. The van der Waals surface area contributed by atoms with Gasteiger partial charge in [-0.3, -0.25) is 4.68 Å². The van der Waals surface area contributed by atoms with Gasteiger partial charge in [0.05, 0.1) is 39.3 Å². The third-order valence-corrected chi connectivity index (χ3v) is 2.88. The zero-order valence-electron chi connectivity index (χ0n) is 12.2. The number of rotatable bonds is 6. The average molecular weight is 291 g/mol. The number of carbonyl (C=O) groups excluding carboxylic acids is 1. The molecule has 0 bridgehead atoms. The minimum Gasteiger partial charge on any atom is -0.497 e. The predicted molar refractivity (Wildman–Crippen MR) is 75.2 cm³/mol. The van der Waals surface area contributed by atoms with Gasteiger partial charge in [0.25, 0.3) is 0 Å². The summed E-state index contributed by atoms with van der Waals surface area (Å²) in [6.07, 6.45) is 3.51. The third kappa shape index (κ3) is 3.57. The van der Waals surface area contributed by atoms with E-state index in [1.807, 2.05) is 6.20 Å². The summed E-state index contributed by atoms with van der Waals surface area (Å²) in [5.74, 6) is 0.0203. The molecule has 0 aromatic carbocycles. The molecular weight excluding hydrogens is 274 g/mol. The van der Waals surface area contributed by atoms with Crippen LogP contribution in [0.1, 0.15) is 10.5 Å². The Kier molecular flexibility index (Phi) is 4.89. The fourth-order valence-corrected chi connectivity index (χ4v) is 1.78. The molecule has 7 nitrogen and oxygen atoms in total. The fraction of sp³-hybridized carbons (Fsp3) is 0.357. The molecular formula is C14H17N3O4. The highest BCUT2D eigenvalue weighted by Gasteiger charge is 2.13. The summed E-state index contributed by atoms with van der Waals surface area (Å²) in [6.45, 7) is 1.21. The van der Waals surface area contributed by atoms with Crippen LogP contribution in [0.5, 0.6) is 5.75 Å². The van der Waals surface area contributed by atoms with Crippen molar-refractivity contribution in [3.63, 3.8) is 0 Å². The molecule has 2 aromatic rings. The largest absolute Gasteiger partial charge is 0.497 e. The Hall–Kier alpha value is -2.41. The van der Waals surface area contributed by atoms with Gasteiger partial charge in [-0.1, -0.05) is 0 Å². The SMILES string of the molecule is COCCn1cc(-c2cc(OC)cc(C(=O)OC)n2)cn1. The summed E-state index contributed by atoms with van der Waals surface area (Å²) in [4.78, 5) is 15.9. The Morgan fingerprint density at radius 3 is 2.76 bits per heavy atom. The molecule has 0 aliphatic rings. The van der Waals surface area contributed by atoms with E-state index < -0.39 is 5.97 Å². The summed E-state index contributed by atoms with van der Waals surface area (Å²) in [6, 6.07) is 3.27. The Labute approximate surface area is 122 Å². The van der Waals surface area contributed by atoms with Crippen LogP contribution in [-0.2, 0) is 16.0 Å². The lowest BCUT2D eigenvalue weighted by atomic mass is 10.2. The van der Waals surface area contributed by atoms with Gasteiger partial charge in [-0.25, -0.2) is 9.78 Å². The standard InChI is InChI=1S/C14H17N3O4/c1-19-5-4-17-9-10(8-15-17)12-6-11(20-2)7-13(16-12)14(18)21-3/h6-9H,4-5H2,1-3H3. The molecule has 0 spiro atoms. The number of ether oxygens (including phenoxy) is 3. The van der Waals surface area contributed by atoms with Gasteiger partial charge in [0, 0.05) is 31.0 Å². The minimum atomic E-state index is -0.512. The molecule has 0 saturated heterocycles. The van der Waals surface area contributed by atoms with Gasteiger partial charge in [-0.15, -0.1) is 0 Å². The first-order valence-electron chi connectivity index (χ1n) is 6.34. The minimum absolute atomic E-state index is 0.191. The van der Waals surface area contributed by atoms with Crippen molar-refractivity contribution in [3.05, 3.63) is 30.2 Å². The van der Waals surface area contributed by atoms with Gasteiger partial charge in [0.2, 0.25) is 0 Å². The highest BCUT2D eigenvalue weighted by atomic mass is 16.5. The van der Waals surface area contributed by atoms with Crippen LogP contribution in [0.3, 0.4) is 0 Å². The molecule has 7 heteroatoms. The van der Waals surface area contributed by atoms with Crippen molar-refractivity contribution in [3.8, 4) is 17.0 Å². The molecule has 0 atom stereocenters. The highest BCUT2D eigenvalue weighted by molar-refractivity contribution is 5.88. The van der Waals surface area contributed by atoms with Crippen molar-refractivity contribution in [1.82, 2.24) is 14.8 Å². The van der Waals surface area contributed by atoms with Crippen molar-refractivity contribution in [2.45, 2.75) is 6.54 Å². The molecule has 0 N–H and O–H groups in total. The molecule has 0 saturated carbocycles. The molecule has 2 rings (SSSR count). The highest BCUT2D eigenvalue weighted by Crippen LogP contribution is 2.23. The lowest BCUT2D eigenvalue weighted by molar-refractivity contribution is 0.0593. The lowest BCUT2D eigenvalue weighted by Crippen LogP contribution is -2.05. The maximum Gasteiger partial charge on any atom is 0.356 e. The molecule has 2 aromatic heterocycles. The summed E-state index contributed by atoms with van der Waals surface area (Å²) >= 11 is 0. The van der Waals surface area contributed by atoms with Crippen LogP contribution in [-0.4, -0.2) is 48.7 Å². The molecule has 0 unspecified atom stereocenters. The Bertz CT molecular complexity index is 624. The van der Waals surface area contributed by atoms with E-state index in [2.05, 4.69) is 10.1 Å². The quantitative estimate of drug-likeness (QED) is 0.749. The van der Waals surface area contributed by atoms with Gasteiger partial charge in [-0.05, 0) is 0 Å². The maximum absolute atomic E-state index is 11.6. The topological polar surface area (TPSA) is 75.5 Å². The Balaban J connectivity index is 2.33. The molecule has 0 fully saturated rings. The van der Waals surface area contributed by atoms with E-state index in [9.17, 15) is 4.79 Å². The molecule has 2 heterocycles. The lowest BCUT2D eigenvalue weighted by Gasteiger charge is -2.06. The Morgan fingerprint density at radius 2 is 2.10 bits per heavy atom. The number of esters is 1. The van der Waals surface area contributed by atoms with Crippen LogP contribution in [0.15, 0.2) is 24.5 Å². The average Bonchev–Trinajstić information content (AvgIpc) is 3.00. The summed E-state index contributed by atoms with van der Waals surface area (Å²) < 4.78 is 16.6. The van der Waals surface area contributed by atoms with E-state index in [1.54, 1.807) is 24.1 Å². The van der Waals surface area contributed by atoms with E-state index in [-0.39, 0.29) is 5.69 Å². The number of aromatic nitrogens is 3. The number of nitrogens with zero attached hydrogens (tertiary/aromatic N) is 3. The van der Waals surface area contributed by atoms with E-state index in [4.69, 9.17) is 14.2 Å². The molecule has 0 amide bonds. The zero-order valence-corrected chi connectivity index (χ0v) is 12.2. The van der Waals surface area contributed by atoms with Crippen molar-refractivity contribution in [2.24, 2.45) is 0 Å². The van der Waals surface area contributed by atoms with Gasteiger partial charge < -0.3 is 14.2 Å². The van der Waals surface area contributed by atoms with E-state index in [1.165, 1.54) is 20.3 Å². The summed E-state index contributed by atoms with van der Waals surface area (Å²) in [5.41, 5.74) is 1.57. The monoisotopic (exact) mass is 291 g/mol. The van der Waals surface area contributed by atoms with Crippen molar-refractivity contribution < 1.29 is 19.0 Å². The molecule has 0 aliphatic carbocycles. The maximum atomic E-state index is 11.6. The zero-order chi connectivity index (χ0) is 15.2. The molecule has 21 heavy (non-hydrogen) atoms. The van der Waals surface area contributed by atoms with E-state index >= 15 is 0 Å². The van der Waals surface area contributed by atoms with E-state index in [0.717, 1.165) is 5.56 Å². The normalized spacial score (nSPS) is 10.4. The summed E-state index contributed by atoms with van der Waals surface area (Å²) in [5, 5.41) is 4.22. The van der Waals surface area contributed by atoms with Crippen LogP contribution in [0.4, 0.5) is 0 Å². The second kappa shape index (κ2) is 6.85. The second-order valence-corrected chi connectivity index (χ2v) is 4.25.